The second kappa shape index (κ2) is 10.0. The van der Waals surface area contributed by atoms with Crippen LogP contribution >= 0.6 is 0 Å². The van der Waals surface area contributed by atoms with Gasteiger partial charge in [0.2, 0.25) is 0 Å². The van der Waals surface area contributed by atoms with Gasteiger partial charge < -0.3 is 10.8 Å². The fourth-order valence-corrected chi connectivity index (χ4v) is 5.22. The highest BCUT2D eigenvalue weighted by molar-refractivity contribution is 7.86. The summed E-state index contributed by atoms with van der Waals surface area (Å²) in [5.41, 5.74) is 6.38. The number of aromatic nitrogens is 1. The van der Waals surface area contributed by atoms with E-state index in [1.54, 1.807) is 36.5 Å². The maximum atomic E-state index is 12.2. The summed E-state index contributed by atoms with van der Waals surface area (Å²) in [5, 5.41) is 27.6. The number of hydrogen-bond donors (Lipinski definition) is 4. The van der Waals surface area contributed by atoms with Crippen molar-refractivity contribution < 1.29 is 31.0 Å². The molecule has 0 aliphatic carbocycles. The molecule has 0 saturated heterocycles. The number of nitrogens with two attached hydrogens (primary N) is 1. The lowest BCUT2D eigenvalue weighted by Gasteiger charge is -2.11. The van der Waals surface area contributed by atoms with Crippen LogP contribution in [0.1, 0.15) is 0 Å². The van der Waals surface area contributed by atoms with Crippen molar-refractivity contribution in [3.8, 4) is 5.75 Å². The molecular formula is C25H18N6O7S2. The largest absolute Gasteiger partial charge is 0.505 e. The molecule has 0 bridgehead atoms. The van der Waals surface area contributed by atoms with E-state index in [1.165, 1.54) is 6.07 Å². The van der Waals surface area contributed by atoms with E-state index in [4.69, 9.17) is 5.73 Å². The molecule has 4 aromatic carbocycles. The quantitative estimate of drug-likeness (QED) is 0.105. The predicted molar refractivity (Wildman–Crippen MR) is 146 cm³/mol. The van der Waals surface area contributed by atoms with E-state index in [-0.39, 0.29) is 16.5 Å². The molecular weight excluding hydrogens is 560 g/mol. The SMILES string of the molecule is Nc1cc2c(O)c(/N=N/c3ccc(/N=N/c4ccccc4)c4ncccc34)c(S(=O)(=O)O)cc2cc1S(=O)(=O)O. The molecule has 0 saturated carbocycles. The number of rotatable bonds is 6. The van der Waals surface area contributed by atoms with E-state index in [0.717, 1.165) is 18.2 Å². The Labute approximate surface area is 226 Å². The maximum absolute atomic E-state index is 12.2. The van der Waals surface area contributed by atoms with Gasteiger partial charge in [-0.3, -0.25) is 14.1 Å². The lowest BCUT2D eigenvalue weighted by Crippen LogP contribution is -2.04. The standard InChI is InChI=1S/C25H18N6O7S2/c26-18-13-17-14(11-21(18)39(33,34)35)12-22(40(36,37)38)24(25(17)32)31-29-19-8-9-20(23-16(19)7-4-10-27-23)30-28-15-5-2-1-3-6-15/h1-13,32H,26H2,(H,33,34,35)(H,36,37,38)/b30-28+,31-29+. The molecule has 0 spiro atoms. The van der Waals surface area contributed by atoms with Crippen molar-refractivity contribution in [3.63, 3.8) is 0 Å². The fourth-order valence-electron chi connectivity index (χ4n) is 3.93. The lowest BCUT2D eigenvalue weighted by atomic mass is 10.1. The van der Waals surface area contributed by atoms with Gasteiger partial charge in [0.05, 0.1) is 22.6 Å². The number of aromatic hydroxyl groups is 1. The van der Waals surface area contributed by atoms with E-state index < -0.39 is 47.2 Å². The highest BCUT2D eigenvalue weighted by Gasteiger charge is 2.24. The van der Waals surface area contributed by atoms with Crippen LogP contribution in [0.5, 0.6) is 5.75 Å². The van der Waals surface area contributed by atoms with E-state index in [0.29, 0.717) is 22.3 Å². The van der Waals surface area contributed by atoms with Gasteiger partial charge in [0.1, 0.15) is 21.2 Å². The van der Waals surface area contributed by atoms with Crippen molar-refractivity contribution in [2.24, 2.45) is 20.5 Å². The molecule has 5 N–H and O–H groups in total. The molecule has 0 aliphatic rings. The number of nitrogen functional groups attached to an aromatic ring is 1. The summed E-state index contributed by atoms with van der Waals surface area (Å²) in [4.78, 5) is 2.77. The molecule has 0 atom stereocenters. The summed E-state index contributed by atoms with van der Waals surface area (Å²) in [5.74, 6) is -0.752. The molecule has 0 unspecified atom stereocenters. The van der Waals surface area contributed by atoms with Crippen molar-refractivity contribution in [3.05, 3.63) is 79.0 Å². The number of anilines is 1. The van der Waals surface area contributed by atoms with Crippen LogP contribution in [0.4, 0.5) is 28.4 Å². The molecule has 0 aliphatic heterocycles. The van der Waals surface area contributed by atoms with E-state index in [2.05, 4.69) is 25.4 Å². The Morgan fingerprint density at radius 3 is 2.05 bits per heavy atom. The van der Waals surface area contributed by atoms with Gasteiger partial charge in [-0.1, -0.05) is 18.2 Å². The summed E-state index contributed by atoms with van der Waals surface area (Å²) in [7, 11) is -9.76. The smallest absolute Gasteiger partial charge is 0.296 e. The summed E-state index contributed by atoms with van der Waals surface area (Å²) < 4.78 is 66.8. The number of benzene rings is 4. The van der Waals surface area contributed by atoms with Gasteiger partial charge in [-0.25, -0.2) is 0 Å². The number of pyridine rings is 1. The molecule has 5 aromatic rings. The highest BCUT2D eigenvalue weighted by Crippen LogP contribution is 2.43. The minimum Gasteiger partial charge on any atom is -0.505 e. The number of phenolic OH excluding ortho intramolecular Hbond substituents is 1. The van der Waals surface area contributed by atoms with Crippen molar-refractivity contribution in [2.75, 3.05) is 5.73 Å². The van der Waals surface area contributed by atoms with Gasteiger partial charge in [0.15, 0.2) is 5.75 Å². The minimum absolute atomic E-state index is 0.102. The zero-order valence-electron chi connectivity index (χ0n) is 20.1. The van der Waals surface area contributed by atoms with Crippen LogP contribution in [0.15, 0.2) is 109 Å². The summed E-state index contributed by atoms with van der Waals surface area (Å²) in [6.45, 7) is 0. The van der Waals surface area contributed by atoms with Crippen LogP contribution in [0.3, 0.4) is 0 Å². The lowest BCUT2D eigenvalue weighted by molar-refractivity contribution is 0.472. The number of azo groups is 2. The molecule has 15 heteroatoms. The molecule has 0 radical (unpaired) electrons. The van der Waals surface area contributed by atoms with Gasteiger partial charge in [0, 0.05) is 17.0 Å². The average Bonchev–Trinajstić information content (AvgIpc) is 2.91. The minimum atomic E-state index is -4.99. The molecule has 1 aromatic heterocycles. The first-order chi connectivity index (χ1) is 18.9. The molecule has 202 valence electrons. The third-order valence-electron chi connectivity index (χ3n) is 5.75. The van der Waals surface area contributed by atoms with Gasteiger partial charge in [-0.15, -0.1) is 15.3 Å². The van der Waals surface area contributed by atoms with Crippen molar-refractivity contribution >= 4 is 70.3 Å². The Morgan fingerprint density at radius 2 is 1.35 bits per heavy atom. The monoisotopic (exact) mass is 578 g/mol. The van der Waals surface area contributed by atoms with Crippen LogP contribution in [0, 0.1) is 0 Å². The number of phenols is 1. The van der Waals surface area contributed by atoms with Crippen molar-refractivity contribution in [2.45, 2.75) is 9.79 Å². The van der Waals surface area contributed by atoms with Crippen molar-refractivity contribution in [1.29, 1.82) is 0 Å². The zero-order valence-corrected chi connectivity index (χ0v) is 21.7. The molecule has 40 heavy (non-hydrogen) atoms. The van der Waals surface area contributed by atoms with Crippen LogP contribution < -0.4 is 5.73 Å². The first-order valence-corrected chi connectivity index (χ1v) is 14.1. The van der Waals surface area contributed by atoms with Gasteiger partial charge >= 0.3 is 0 Å². The maximum Gasteiger partial charge on any atom is 0.296 e. The van der Waals surface area contributed by atoms with E-state index >= 15 is 0 Å². The first kappa shape index (κ1) is 26.8. The first-order valence-electron chi connectivity index (χ1n) is 11.2. The van der Waals surface area contributed by atoms with E-state index in [1.807, 2.05) is 18.2 Å². The molecule has 0 amide bonds. The van der Waals surface area contributed by atoms with Crippen LogP contribution in [-0.2, 0) is 20.2 Å². The molecule has 1 heterocycles. The van der Waals surface area contributed by atoms with Gasteiger partial charge in [-0.05, 0) is 60.0 Å². The van der Waals surface area contributed by atoms with Crippen molar-refractivity contribution in [1.82, 2.24) is 4.98 Å². The van der Waals surface area contributed by atoms with Gasteiger partial charge in [-0.2, -0.15) is 21.9 Å². The fraction of sp³-hybridized carbons (Fsp3) is 0. The Hall–Kier alpha value is -4.83. The van der Waals surface area contributed by atoms with Gasteiger partial charge in [0.25, 0.3) is 20.2 Å². The molecule has 13 nitrogen and oxygen atoms in total. The van der Waals surface area contributed by atoms with E-state index in [9.17, 15) is 31.0 Å². The Balaban J connectivity index is 1.65. The predicted octanol–water partition coefficient (Wildman–Crippen LogP) is 6.00. The summed E-state index contributed by atoms with van der Waals surface area (Å²) in [6, 6.07) is 18.2. The second-order valence-electron chi connectivity index (χ2n) is 8.37. The van der Waals surface area contributed by atoms with Crippen LogP contribution in [-0.4, -0.2) is 36.0 Å². The van der Waals surface area contributed by atoms with Crippen LogP contribution in [0.25, 0.3) is 21.7 Å². The molecule has 5 rings (SSSR count). The number of nitrogens with zero attached hydrogens (tertiary/aromatic N) is 5. The number of fused-ring (bicyclic) bond motifs is 2. The number of hydrogen-bond acceptors (Lipinski definition) is 11. The average molecular weight is 579 g/mol. The summed E-state index contributed by atoms with van der Waals surface area (Å²) in [6.07, 6.45) is 1.54. The third-order valence-corrected chi connectivity index (χ3v) is 7.53. The topological polar surface area (TPSA) is 217 Å². The zero-order chi connectivity index (χ0) is 28.7. The summed E-state index contributed by atoms with van der Waals surface area (Å²) >= 11 is 0. The Kier molecular flexibility index (Phi) is 6.72. The van der Waals surface area contributed by atoms with Crippen LogP contribution in [0.2, 0.25) is 0 Å². The normalized spacial score (nSPS) is 12.7. The third kappa shape index (κ3) is 5.21. The highest BCUT2D eigenvalue weighted by atomic mass is 32.2. The second-order valence-corrected chi connectivity index (χ2v) is 11.2. The Morgan fingerprint density at radius 1 is 0.700 bits per heavy atom. The Bertz CT molecular complexity index is 2080. The molecule has 0 fully saturated rings.